The highest BCUT2D eigenvalue weighted by molar-refractivity contribution is 5.47. The lowest BCUT2D eigenvalue weighted by molar-refractivity contribution is 0.192. The van der Waals surface area contributed by atoms with Gasteiger partial charge in [0, 0.05) is 19.1 Å². The first-order valence-electron chi connectivity index (χ1n) is 6.24. The average molecular weight is 248 g/mol. The number of nitrogens with zero attached hydrogens (tertiary/aromatic N) is 4. The van der Waals surface area contributed by atoms with Gasteiger partial charge in [-0.1, -0.05) is 5.16 Å². The molecule has 1 aliphatic heterocycles. The van der Waals surface area contributed by atoms with Crippen LogP contribution in [-0.2, 0) is 11.3 Å². The van der Waals surface area contributed by atoms with Crippen molar-refractivity contribution in [2.24, 2.45) is 0 Å². The highest BCUT2D eigenvalue weighted by Crippen LogP contribution is 2.25. The van der Waals surface area contributed by atoms with Crippen molar-refractivity contribution in [1.29, 1.82) is 0 Å². The molecule has 2 aromatic heterocycles. The van der Waals surface area contributed by atoms with Crippen molar-refractivity contribution in [3.8, 4) is 11.6 Å². The highest BCUT2D eigenvalue weighted by Gasteiger charge is 2.24. The van der Waals surface area contributed by atoms with E-state index < -0.39 is 0 Å². The van der Waals surface area contributed by atoms with E-state index in [2.05, 4.69) is 15.2 Å². The van der Waals surface area contributed by atoms with Gasteiger partial charge < -0.3 is 9.26 Å². The summed E-state index contributed by atoms with van der Waals surface area (Å²) in [4.78, 5) is 4.47. The van der Waals surface area contributed by atoms with E-state index in [-0.39, 0.29) is 5.92 Å². The summed E-state index contributed by atoms with van der Waals surface area (Å²) >= 11 is 0. The summed E-state index contributed by atoms with van der Waals surface area (Å²) in [7, 11) is 0. The van der Waals surface area contributed by atoms with Gasteiger partial charge in [-0.2, -0.15) is 10.1 Å². The first-order chi connectivity index (χ1) is 8.78. The summed E-state index contributed by atoms with van der Waals surface area (Å²) in [6.07, 6.45) is 0.963. The van der Waals surface area contributed by atoms with Crippen molar-refractivity contribution in [2.75, 3.05) is 13.2 Å². The zero-order chi connectivity index (χ0) is 12.5. The number of ether oxygens (including phenoxy) is 1. The van der Waals surface area contributed by atoms with E-state index in [4.69, 9.17) is 9.26 Å². The summed E-state index contributed by atoms with van der Waals surface area (Å²) in [5.41, 5.74) is 1.84. The number of aryl methyl sites for hydroxylation is 2. The van der Waals surface area contributed by atoms with Crippen LogP contribution in [0.2, 0.25) is 0 Å². The lowest BCUT2D eigenvalue weighted by atomic mass is 10.1. The van der Waals surface area contributed by atoms with E-state index in [1.54, 1.807) is 0 Å². The Bertz CT molecular complexity index is 540. The minimum absolute atomic E-state index is 0.265. The molecule has 0 aliphatic carbocycles. The molecule has 0 radical (unpaired) electrons. The normalized spacial score (nSPS) is 19.6. The predicted octanol–water partition coefficient (Wildman–Crippen LogP) is 1.77. The van der Waals surface area contributed by atoms with Crippen molar-refractivity contribution in [3.63, 3.8) is 0 Å². The summed E-state index contributed by atoms with van der Waals surface area (Å²) in [5, 5.41) is 8.43. The summed E-state index contributed by atoms with van der Waals surface area (Å²) in [5.74, 6) is 1.55. The molecule has 0 spiro atoms. The SMILES string of the molecule is CCn1nc(C)cc1-c1nc(C2CCOC2)no1. The van der Waals surface area contributed by atoms with Crippen LogP contribution in [0.5, 0.6) is 0 Å². The van der Waals surface area contributed by atoms with Gasteiger partial charge in [0.25, 0.3) is 5.89 Å². The Hall–Kier alpha value is -1.69. The highest BCUT2D eigenvalue weighted by atomic mass is 16.5. The molecule has 2 aromatic rings. The van der Waals surface area contributed by atoms with Crippen LogP contribution in [0.15, 0.2) is 10.6 Å². The van der Waals surface area contributed by atoms with Crippen LogP contribution in [-0.4, -0.2) is 33.1 Å². The zero-order valence-corrected chi connectivity index (χ0v) is 10.6. The van der Waals surface area contributed by atoms with Crippen molar-refractivity contribution >= 4 is 0 Å². The summed E-state index contributed by atoms with van der Waals surface area (Å²) in [6, 6.07) is 1.96. The lowest BCUT2D eigenvalue weighted by Gasteiger charge is -1.99. The Labute approximate surface area is 105 Å². The molecule has 0 aromatic carbocycles. The maximum Gasteiger partial charge on any atom is 0.276 e. The Kier molecular flexibility index (Phi) is 2.87. The Morgan fingerprint density at radius 3 is 3.11 bits per heavy atom. The lowest BCUT2D eigenvalue weighted by Crippen LogP contribution is -2.01. The van der Waals surface area contributed by atoms with Gasteiger partial charge in [0.15, 0.2) is 5.82 Å². The van der Waals surface area contributed by atoms with Crippen molar-refractivity contribution in [2.45, 2.75) is 32.7 Å². The fourth-order valence-corrected chi connectivity index (χ4v) is 2.20. The van der Waals surface area contributed by atoms with Crippen LogP contribution in [0.25, 0.3) is 11.6 Å². The molecule has 0 saturated carbocycles. The van der Waals surface area contributed by atoms with E-state index >= 15 is 0 Å². The molecule has 3 heterocycles. The second-order valence-electron chi connectivity index (χ2n) is 4.50. The van der Waals surface area contributed by atoms with Crippen LogP contribution < -0.4 is 0 Å². The van der Waals surface area contributed by atoms with E-state index in [9.17, 15) is 0 Å². The predicted molar refractivity (Wildman–Crippen MR) is 64.1 cm³/mol. The van der Waals surface area contributed by atoms with Crippen LogP contribution in [0.3, 0.4) is 0 Å². The minimum Gasteiger partial charge on any atom is -0.381 e. The molecular formula is C12H16N4O2. The Morgan fingerprint density at radius 2 is 2.39 bits per heavy atom. The third kappa shape index (κ3) is 1.92. The second kappa shape index (κ2) is 4.53. The van der Waals surface area contributed by atoms with Crippen LogP contribution in [0.1, 0.15) is 30.8 Å². The van der Waals surface area contributed by atoms with Crippen LogP contribution in [0, 0.1) is 6.92 Å². The molecule has 1 atom stereocenters. The Balaban J connectivity index is 1.92. The topological polar surface area (TPSA) is 66.0 Å². The minimum atomic E-state index is 0.265. The molecular weight excluding hydrogens is 232 g/mol. The Morgan fingerprint density at radius 1 is 1.50 bits per heavy atom. The molecule has 18 heavy (non-hydrogen) atoms. The standard InChI is InChI=1S/C12H16N4O2/c1-3-16-10(6-8(2)14-16)12-13-11(15-18-12)9-4-5-17-7-9/h6,9H,3-5,7H2,1-2H3. The maximum atomic E-state index is 5.34. The van der Waals surface area contributed by atoms with Gasteiger partial charge in [-0.3, -0.25) is 4.68 Å². The molecule has 1 saturated heterocycles. The summed E-state index contributed by atoms with van der Waals surface area (Å²) < 4.78 is 12.6. The quantitative estimate of drug-likeness (QED) is 0.828. The van der Waals surface area contributed by atoms with Gasteiger partial charge in [0.1, 0.15) is 5.69 Å². The van der Waals surface area contributed by atoms with Crippen LogP contribution in [0.4, 0.5) is 0 Å². The van der Waals surface area contributed by atoms with Gasteiger partial charge in [0.2, 0.25) is 0 Å². The maximum absolute atomic E-state index is 5.34. The molecule has 0 bridgehead atoms. The van der Waals surface area contributed by atoms with Gasteiger partial charge >= 0.3 is 0 Å². The molecule has 0 amide bonds. The third-order valence-electron chi connectivity index (χ3n) is 3.16. The van der Waals surface area contributed by atoms with Gasteiger partial charge in [0.05, 0.1) is 12.3 Å². The largest absolute Gasteiger partial charge is 0.381 e. The number of aromatic nitrogens is 4. The average Bonchev–Trinajstić information content (AvgIpc) is 3.08. The molecule has 96 valence electrons. The number of hydrogen-bond acceptors (Lipinski definition) is 5. The smallest absolute Gasteiger partial charge is 0.276 e. The van der Waals surface area contributed by atoms with Crippen LogP contribution >= 0.6 is 0 Å². The second-order valence-corrected chi connectivity index (χ2v) is 4.50. The van der Waals surface area contributed by atoms with E-state index in [0.717, 1.165) is 36.8 Å². The fraction of sp³-hybridized carbons (Fsp3) is 0.583. The number of hydrogen-bond donors (Lipinski definition) is 0. The fourth-order valence-electron chi connectivity index (χ4n) is 2.20. The molecule has 6 nitrogen and oxygen atoms in total. The first-order valence-corrected chi connectivity index (χ1v) is 6.24. The van der Waals surface area contributed by atoms with Crippen molar-refractivity contribution < 1.29 is 9.26 Å². The molecule has 1 fully saturated rings. The molecule has 6 heteroatoms. The molecule has 1 unspecified atom stereocenters. The molecule has 0 N–H and O–H groups in total. The first kappa shape index (κ1) is 11.4. The van der Waals surface area contributed by atoms with Gasteiger partial charge in [-0.05, 0) is 26.3 Å². The van der Waals surface area contributed by atoms with E-state index in [0.29, 0.717) is 12.5 Å². The zero-order valence-electron chi connectivity index (χ0n) is 10.6. The third-order valence-corrected chi connectivity index (χ3v) is 3.16. The van der Waals surface area contributed by atoms with Gasteiger partial charge in [-0.15, -0.1) is 0 Å². The number of rotatable bonds is 3. The van der Waals surface area contributed by atoms with Gasteiger partial charge in [-0.25, -0.2) is 0 Å². The molecule has 3 rings (SSSR count). The van der Waals surface area contributed by atoms with Crippen molar-refractivity contribution in [1.82, 2.24) is 19.9 Å². The monoisotopic (exact) mass is 248 g/mol. The summed E-state index contributed by atoms with van der Waals surface area (Å²) in [6.45, 7) is 6.24. The molecule has 1 aliphatic rings. The van der Waals surface area contributed by atoms with E-state index in [1.165, 1.54) is 0 Å². The van der Waals surface area contributed by atoms with Crippen molar-refractivity contribution in [3.05, 3.63) is 17.6 Å². The van der Waals surface area contributed by atoms with E-state index in [1.807, 2.05) is 24.6 Å².